The lowest BCUT2D eigenvalue weighted by Gasteiger charge is -2.21. The fourth-order valence-electron chi connectivity index (χ4n) is 0.540. The van der Waals surface area contributed by atoms with Gasteiger partial charge in [0.2, 0.25) is 9.74 Å². The standard InChI is InChI=1S/C5H13O3PS/c1-4-9(3,5-2)10(6,7)8/h4-5H2,1-3H3. The molecular weight excluding hydrogens is 171 g/mol. The summed E-state index contributed by atoms with van der Waals surface area (Å²) in [5.74, 6) is 0. The van der Waals surface area contributed by atoms with Crippen LogP contribution >= 0.6 is 6.46 Å². The third-order valence-electron chi connectivity index (χ3n) is 1.88. The van der Waals surface area contributed by atoms with Crippen LogP contribution in [0.1, 0.15) is 13.8 Å². The van der Waals surface area contributed by atoms with Crippen LogP contribution in [0.4, 0.5) is 0 Å². The zero-order valence-corrected chi connectivity index (χ0v) is 8.21. The molecule has 0 N–H and O–H groups in total. The monoisotopic (exact) mass is 184 g/mol. The highest BCUT2D eigenvalue weighted by Gasteiger charge is 2.35. The summed E-state index contributed by atoms with van der Waals surface area (Å²) in [4.78, 5) is 0. The Morgan fingerprint density at radius 3 is 1.60 bits per heavy atom. The molecule has 5 heteroatoms. The largest absolute Gasteiger partial charge is 0.717 e. The van der Waals surface area contributed by atoms with Crippen molar-refractivity contribution >= 4 is 16.2 Å². The average molecular weight is 184 g/mol. The fraction of sp³-hybridized carbons (Fsp3) is 1.00. The fourth-order valence-corrected chi connectivity index (χ4v) is 3.52. The van der Waals surface area contributed by atoms with E-state index in [0.29, 0.717) is 12.3 Å². The van der Waals surface area contributed by atoms with Crippen LogP contribution in [0.3, 0.4) is 0 Å². The molecule has 0 amide bonds. The van der Waals surface area contributed by atoms with Gasteiger partial charge in [-0.1, -0.05) is 0 Å². The molecule has 0 aromatic rings. The summed E-state index contributed by atoms with van der Waals surface area (Å²) in [6.07, 6.45) is 0.991. The number of rotatable bonds is 3. The zero-order chi connectivity index (χ0) is 8.41. The van der Waals surface area contributed by atoms with Gasteiger partial charge in [-0.05, 0) is 13.8 Å². The minimum Gasteiger partial charge on any atom is -0.717 e. The van der Waals surface area contributed by atoms with E-state index in [1.165, 1.54) is 0 Å². The first-order valence-electron chi connectivity index (χ1n) is 3.18. The van der Waals surface area contributed by atoms with Gasteiger partial charge < -0.3 is 4.55 Å². The van der Waals surface area contributed by atoms with E-state index in [2.05, 4.69) is 0 Å². The Labute approximate surface area is 62.7 Å². The molecule has 0 atom stereocenters. The summed E-state index contributed by atoms with van der Waals surface area (Å²) < 4.78 is 31.8. The van der Waals surface area contributed by atoms with Crippen molar-refractivity contribution in [3.8, 4) is 0 Å². The predicted octanol–water partition coefficient (Wildman–Crippen LogP) is 1.13. The van der Waals surface area contributed by atoms with Gasteiger partial charge in [0.25, 0.3) is 0 Å². The van der Waals surface area contributed by atoms with E-state index in [9.17, 15) is 13.0 Å². The maximum atomic E-state index is 10.6. The first-order valence-corrected chi connectivity index (χ1v) is 7.80. The molecule has 0 heterocycles. The minimum absolute atomic E-state index is 0.495. The zero-order valence-electron chi connectivity index (χ0n) is 6.49. The van der Waals surface area contributed by atoms with E-state index in [1.807, 2.05) is 0 Å². The highest BCUT2D eigenvalue weighted by Crippen LogP contribution is 2.59. The smallest absolute Gasteiger partial charge is 0.212 e. The van der Waals surface area contributed by atoms with Gasteiger partial charge in [-0.3, -0.25) is 0 Å². The van der Waals surface area contributed by atoms with Gasteiger partial charge >= 0.3 is 0 Å². The molecule has 0 bridgehead atoms. The second-order valence-corrected chi connectivity index (χ2v) is 11.1. The number of hydrogen-bond acceptors (Lipinski definition) is 3. The molecule has 0 aliphatic heterocycles. The molecule has 0 radical (unpaired) electrons. The highest BCUT2D eigenvalue weighted by atomic mass is 32.8. The first kappa shape index (κ1) is 10.3. The Morgan fingerprint density at radius 2 is 1.60 bits per heavy atom. The topological polar surface area (TPSA) is 57.2 Å². The van der Waals surface area contributed by atoms with Gasteiger partial charge in [0.15, 0.2) is 0 Å². The van der Waals surface area contributed by atoms with E-state index in [4.69, 9.17) is 0 Å². The van der Waals surface area contributed by atoms with Crippen LogP contribution in [0.2, 0.25) is 0 Å². The Kier molecular flexibility index (Phi) is 3.27. The van der Waals surface area contributed by atoms with Gasteiger partial charge in [0, 0.05) is 0 Å². The Bertz CT molecular complexity index is 193. The predicted molar refractivity (Wildman–Crippen MR) is 43.6 cm³/mol. The summed E-state index contributed by atoms with van der Waals surface area (Å²) in [6.45, 7) is 2.91. The SMILES string of the molecule is CC[P+](C)(CC)S(=O)(=O)[O-]. The normalized spacial score (nSPS) is 13.6. The van der Waals surface area contributed by atoms with Crippen LogP contribution in [-0.2, 0) is 9.74 Å². The molecule has 0 saturated heterocycles. The Hall–Kier alpha value is 0.340. The van der Waals surface area contributed by atoms with E-state index >= 15 is 0 Å². The van der Waals surface area contributed by atoms with Crippen molar-refractivity contribution in [3.05, 3.63) is 0 Å². The van der Waals surface area contributed by atoms with Crippen molar-refractivity contribution in [3.63, 3.8) is 0 Å². The molecule has 3 nitrogen and oxygen atoms in total. The molecule has 0 fully saturated rings. The van der Waals surface area contributed by atoms with E-state index in [1.54, 1.807) is 20.5 Å². The molecule has 0 rings (SSSR count). The quantitative estimate of drug-likeness (QED) is 0.488. The summed E-state index contributed by atoms with van der Waals surface area (Å²) >= 11 is 0. The third-order valence-corrected chi connectivity index (χ3v) is 10.4. The van der Waals surface area contributed by atoms with E-state index < -0.39 is 16.2 Å². The lowest BCUT2D eigenvalue weighted by Crippen LogP contribution is -2.09. The summed E-state index contributed by atoms with van der Waals surface area (Å²) in [5.41, 5.74) is 0. The molecular formula is C5H13O3PS. The second-order valence-electron chi connectivity index (χ2n) is 2.36. The molecule has 62 valence electrons. The molecule has 0 saturated carbocycles. The van der Waals surface area contributed by atoms with Gasteiger partial charge in [-0.2, -0.15) is 0 Å². The van der Waals surface area contributed by atoms with Crippen LogP contribution in [0.15, 0.2) is 0 Å². The highest BCUT2D eigenvalue weighted by molar-refractivity contribution is 8.54. The van der Waals surface area contributed by atoms with Gasteiger partial charge in [-0.15, -0.1) is 0 Å². The summed E-state index contributed by atoms with van der Waals surface area (Å²) in [6, 6.07) is 0. The van der Waals surface area contributed by atoms with Crippen molar-refractivity contribution in [1.29, 1.82) is 0 Å². The van der Waals surface area contributed by atoms with Crippen molar-refractivity contribution in [2.24, 2.45) is 0 Å². The van der Waals surface area contributed by atoms with Crippen molar-refractivity contribution in [2.45, 2.75) is 13.8 Å². The Balaban J connectivity index is 4.68. The van der Waals surface area contributed by atoms with Crippen LogP contribution < -0.4 is 0 Å². The van der Waals surface area contributed by atoms with Gasteiger partial charge in [-0.25, -0.2) is 8.42 Å². The van der Waals surface area contributed by atoms with Crippen molar-refractivity contribution < 1.29 is 13.0 Å². The van der Waals surface area contributed by atoms with E-state index in [0.717, 1.165) is 0 Å². The molecule has 0 aliphatic carbocycles. The first-order chi connectivity index (χ1) is 4.37. The average Bonchev–Trinajstić information content (AvgIpc) is 1.84. The van der Waals surface area contributed by atoms with Crippen LogP contribution in [-0.4, -0.2) is 32.0 Å². The lowest BCUT2D eigenvalue weighted by atomic mass is 11.0. The van der Waals surface area contributed by atoms with Crippen LogP contribution in [0, 0.1) is 0 Å². The lowest BCUT2D eigenvalue weighted by molar-refractivity contribution is 0.480. The van der Waals surface area contributed by atoms with Crippen molar-refractivity contribution in [2.75, 3.05) is 19.0 Å². The minimum atomic E-state index is -4.00. The van der Waals surface area contributed by atoms with E-state index in [-0.39, 0.29) is 0 Å². The number of hydrogen-bond donors (Lipinski definition) is 0. The third kappa shape index (κ3) is 1.91. The maximum absolute atomic E-state index is 10.6. The molecule has 10 heavy (non-hydrogen) atoms. The van der Waals surface area contributed by atoms with Crippen LogP contribution in [0.25, 0.3) is 0 Å². The molecule has 0 unspecified atom stereocenters. The maximum Gasteiger partial charge on any atom is 0.212 e. The van der Waals surface area contributed by atoms with Crippen molar-refractivity contribution in [1.82, 2.24) is 0 Å². The van der Waals surface area contributed by atoms with Gasteiger partial charge in [0.1, 0.15) is 6.46 Å². The molecule has 0 spiro atoms. The van der Waals surface area contributed by atoms with Gasteiger partial charge in [0.05, 0.1) is 19.0 Å². The summed E-state index contributed by atoms with van der Waals surface area (Å²) in [7, 11) is -4.00. The molecule has 0 aromatic heterocycles. The van der Waals surface area contributed by atoms with Crippen LogP contribution in [0.5, 0.6) is 0 Å². The Morgan fingerprint density at radius 1 is 1.30 bits per heavy atom. The second kappa shape index (κ2) is 3.16. The molecule has 0 aromatic carbocycles. The summed E-state index contributed by atoms with van der Waals surface area (Å²) in [5, 5.41) is 0. The molecule has 0 aliphatic rings.